The largest absolute Gasteiger partial charge is 0.493 e. The maximum Gasteiger partial charge on any atom is 0.248 e. The van der Waals surface area contributed by atoms with Crippen LogP contribution in [0.15, 0.2) is 53.6 Å². The van der Waals surface area contributed by atoms with Crippen LogP contribution >= 0.6 is 0 Å². The van der Waals surface area contributed by atoms with E-state index in [-0.39, 0.29) is 0 Å². The van der Waals surface area contributed by atoms with Gasteiger partial charge >= 0.3 is 0 Å². The van der Waals surface area contributed by atoms with Gasteiger partial charge in [0.1, 0.15) is 5.82 Å². The maximum atomic E-state index is 5.91. The first kappa shape index (κ1) is 22.9. The van der Waals surface area contributed by atoms with E-state index in [9.17, 15) is 0 Å². The Bertz CT molecular complexity index is 1070. The molecule has 2 aromatic carbocycles. The molecule has 0 spiro atoms. The van der Waals surface area contributed by atoms with Crippen LogP contribution in [0.25, 0.3) is 0 Å². The number of hydrazone groups is 1. The molecule has 0 unspecified atom stereocenters. The molecule has 3 rings (SSSR count). The minimum Gasteiger partial charge on any atom is -0.493 e. The number of ether oxygens (including phenoxy) is 3. The quantitative estimate of drug-likeness (QED) is 0.382. The second-order valence-corrected chi connectivity index (χ2v) is 7.35. The van der Waals surface area contributed by atoms with E-state index >= 15 is 0 Å². The number of aryl methyl sites for hydroxylation is 1. The lowest BCUT2D eigenvalue weighted by atomic mass is 10.1. The van der Waals surface area contributed by atoms with Crippen molar-refractivity contribution in [1.29, 1.82) is 0 Å². The van der Waals surface area contributed by atoms with Crippen molar-refractivity contribution in [2.75, 3.05) is 45.2 Å². The minimum atomic E-state index is 0.362. The van der Waals surface area contributed by atoms with E-state index in [1.54, 1.807) is 26.5 Å². The van der Waals surface area contributed by atoms with Crippen molar-refractivity contribution in [3.05, 3.63) is 65.2 Å². The molecule has 0 bridgehead atoms. The van der Waals surface area contributed by atoms with Crippen LogP contribution in [0, 0.1) is 6.92 Å². The fourth-order valence-corrected chi connectivity index (χ4v) is 2.99. The maximum absolute atomic E-state index is 5.91. The highest BCUT2D eigenvalue weighted by atomic mass is 16.5. The van der Waals surface area contributed by atoms with E-state index in [0.29, 0.717) is 36.4 Å². The molecule has 0 atom stereocenters. The lowest BCUT2D eigenvalue weighted by Gasteiger charge is -2.14. The first-order valence-electron chi connectivity index (χ1n) is 10.2. The Kier molecular flexibility index (Phi) is 7.85. The monoisotopic (exact) mass is 435 g/mol. The molecule has 0 fully saturated rings. The van der Waals surface area contributed by atoms with Crippen molar-refractivity contribution in [3.63, 3.8) is 0 Å². The summed E-state index contributed by atoms with van der Waals surface area (Å²) in [5.74, 6) is 2.94. The average Bonchev–Trinajstić information content (AvgIpc) is 2.79. The fraction of sp³-hybridized carbons (Fsp3) is 0.292. The number of anilines is 2. The van der Waals surface area contributed by atoms with Crippen LogP contribution in [0.1, 0.15) is 16.7 Å². The Morgan fingerprint density at radius 3 is 2.53 bits per heavy atom. The third-order valence-electron chi connectivity index (χ3n) is 4.66. The predicted octanol–water partition coefficient (Wildman–Crippen LogP) is 3.94. The molecule has 0 aliphatic carbocycles. The third-order valence-corrected chi connectivity index (χ3v) is 4.66. The lowest BCUT2D eigenvalue weighted by molar-refractivity contribution is 0.309. The molecule has 1 N–H and O–H groups in total. The summed E-state index contributed by atoms with van der Waals surface area (Å²) in [4.78, 5) is 10.8. The van der Waals surface area contributed by atoms with Gasteiger partial charge in [0.05, 0.1) is 27.0 Å². The van der Waals surface area contributed by atoms with Gasteiger partial charge in [0.2, 0.25) is 11.8 Å². The van der Waals surface area contributed by atoms with Crippen LogP contribution in [-0.2, 0) is 6.42 Å². The van der Waals surface area contributed by atoms with Gasteiger partial charge in [0.25, 0.3) is 0 Å². The highest BCUT2D eigenvalue weighted by Crippen LogP contribution is 2.27. The van der Waals surface area contributed by atoms with Gasteiger partial charge in [0, 0.05) is 26.6 Å². The Morgan fingerprint density at radius 1 is 1.00 bits per heavy atom. The van der Waals surface area contributed by atoms with Gasteiger partial charge in [-0.1, -0.05) is 35.9 Å². The van der Waals surface area contributed by atoms with Gasteiger partial charge in [0.15, 0.2) is 11.5 Å². The standard InChI is InChI=1S/C24H29N5O3/c1-17-7-6-8-19(13-17)16-25-28-24-26-22(29(2)3)15-23(27-24)32-12-11-18-9-10-20(30-4)21(14-18)31-5/h6-10,13-16H,11-12H2,1-5H3,(H,26,27,28). The summed E-state index contributed by atoms with van der Waals surface area (Å²) in [7, 11) is 7.07. The summed E-state index contributed by atoms with van der Waals surface area (Å²) in [5.41, 5.74) is 6.13. The van der Waals surface area contributed by atoms with Crippen molar-refractivity contribution in [3.8, 4) is 17.4 Å². The number of nitrogens with one attached hydrogen (secondary N) is 1. The van der Waals surface area contributed by atoms with Crippen LogP contribution in [0.2, 0.25) is 0 Å². The van der Waals surface area contributed by atoms with E-state index in [0.717, 1.165) is 16.9 Å². The summed E-state index contributed by atoms with van der Waals surface area (Å²) in [5, 5.41) is 4.26. The zero-order chi connectivity index (χ0) is 22.9. The Hall–Kier alpha value is -3.81. The highest BCUT2D eigenvalue weighted by molar-refractivity contribution is 5.80. The number of rotatable bonds is 10. The summed E-state index contributed by atoms with van der Waals surface area (Å²) >= 11 is 0. The molecule has 0 saturated carbocycles. The van der Waals surface area contributed by atoms with E-state index < -0.39 is 0 Å². The molecule has 0 aliphatic heterocycles. The van der Waals surface area contributed by atoms with Crippen molar-refractivity contribution in [2.24, 2.45) is 5.10 Å². The van der Waals surface area contributed by atoms with Gasteiger partial charge in [-0.05, 0) is 30.2 Å². The normalized spacial score (nSPS) is 10.8. The first-order valence-corrected chi connectivity index (χ1v) is 10.2. The fourth-order valence-electron chi connectivity index (χ4n) is 2.99. The smallest absolute Gasteiger partial charge is 0.248 e. The molecule has 0 saturated heterocycles. The average molecular weight is 436 g/mol. The summed E-state index contributed by atoms with van der Waals surface area (Å²) in [6.07, 6.45) is 2.42. The number of methoxy groups -OCH3 is 2. The SMILES string of the molecule is COc1ccc(CCOc2cc(N(C)C)nc(NN=Cc3cccc(C)c3)n2)cc1OC. The molecule has 0 radical (unpaired) electrons. The Labute approximate surface area is 188 Å². The number of hydrogen-bond acceptors (Lipinski definition) is 8. The van der Waals surface area contributed by atoms with Crippen molar-refractivity contribution in [2.45, 2.75) is 13.3 Å². The zero-order valence-electron chi connectivity index (χ0n) is 19.1. The Morgan fingerprint density at radius 2 is 1.81 bits per heavy atom. The van der Waals surface area contributed by atoms with E-state index in [1.165, 1.54) is 5.56 Å². The summed E-state index contributed by atoms with van der Waals surface area (Å²) in [6, 6.07) is 15.7. The predicted molar refractivity (Wildman–Crippen MR) is 127 cm³/mol. The van der Waals surface area contributed by atoms with Crippen molar-refractivity contribution < 1.29 is 14.2 Å². The van der Waals surface area contributed by atoms with Crippen LogP contribution in [0.4, 0.5) is 11.8 Å². The number of benzene rings is 2. The van der Waals surface area contributed by atoms with E-state index in [2.05, 4.69) is 20.5 Å². The highest BCUT2D eigenvalue weighted by Gasteiger charge is 2.09. The molecule has 32 heavy (non-hydrogen) atoms. The summed E-state index contributed by atoms with van der Waals surface area (Å²) < 4.78 is 16.6. The van der Waals surface area contributed by atoms with Crippen molar-refractivity contribution >= 4 is 18.0 Å². The van der Waals surface area contributed by atoms with E-state index in [1.807, 2.05) is 68.4 Å². The number of hydrogen-bond donors (Lipinski definition) is 1. The summed E-state index contributed by atoms with van der Waals surface area (Å²) in [6.45, 7) is 2.49. The lowest BCUT2D eigenvalue weighted by Crippen LogP contribution is -2.13. The molecule has 0 aliphatic rings. The molecule has 1 heterocycles. The molecule has 8 heteroatoms. The number of aromatic nitrogens is 2. The molecule has 168 valence electrons. The second kappa shape index (κ2) is 11.0. The van der Waals surface area contributed by atoms with Crippen LogP contribution in [0.5, 0.6) is 17.4 Å². The molecular weight excluding hydrogens is 406 g/mol. The zero-order valence-corrected chi connectivity index (χ0v) is 19.1. The molecular formula is C24H29N5O3. The topological polar surface area (TPSA) is 81.1 Å². The third kappa shape index (κ3) is 6.34. The molecule has 0 amide bonds. The van der Waals surface area contributed by atoms with Gasteiger partial charge in [-0.25, -0.2) is 5.43 Å². The van der Waals surface area contributed by atoms with Gasteiger partial charge in [-0.15, -0.1) is 0 Å². The van der Waals surface area contributed by atoms with Gasteiger partial charge < -0.3 is 19.1 Å². The first-order chi connectivity index (χ1) is 15.5. The van der Waals surface area contributed by atoms with Crippen LogP contribution < -0.4 is 24.5 Å². The van der Waals surface area contributed by atoms with Crippen molar-refractivity contribution in [1.82, 2.24) is 9.97 Å². The van der Waals surface area contributed by atoms with E-state index in [4.69, 9.17) is 14.2 Å². The van der Waals surface area contributed by atoms with Gasteiger partial charge in [-0.2, -0.15) is 15.1 Å². The molecule has 3 aromatic rings. The molecule has 8 nitrogen and oxygen atoms in total. The van der Waals surface area contributed by atoms with Crippen LogP contribution in [0.3, 0.4) is 0 Å². The number of nitrogens with zero attached hydrogens (tertiary/aromatic N) is 4. The van der Waals surface area contributed by atoms with Gasteiger partial charge in [-0.3, -0.25) is 0 Å². The van der Waals surface area contributed by atoms with Crippen LogP contribution in [-0.4, -0.2) is 51.1 Å². The second-order valence-electron chi connectivity index (χ2n) is 7.35. The molecule has 1 aromatic heterocycles. The minimum absolute atomic E-state index is 0.362. The Balaban J connectivity index is 1.66.